The summed E-state index contributed by atoms with van der Waals surface area (Å²) in [5.41, 5.74) is 3.54. The lowest BCUT2D eigenvalue weighted by molar-refractivity contribution is -0.118. The second kappa shape index (κ2) is 12.6. The van der Waals surface area contributed by atoms with Crippen LogP contribution in [0.3, 0.4) is 0 Å². The number of pyridine rings is 1. The Kier molecular flexibility index (Phi) is 9.06. The molecule has 5 nitrogen and oxygen atoms in total. The Balaban J connectivity index is 1.26. The summed E-state index contributed by atoms with van der Waals surface area (Å²) in [6.45, 7) is 5.34. The van der Waals surface area contributed by atoms with E-state index < -0.39 is 0 Å². The molecule has 0 unspecified atom stereocenters. The fourth-order valence-electron chi connectivity index (χ4n) is 4.48. The first-order chi connectivity index (χ1) is 17.5. The number of nitrogens with zero attached hydrogens (tertiary/aromatic N) is 2. The number of carbonyl (C=O) groups is 1. The molecule has 0 atom stereocenters. The standard InChI is InChI=1S/C30H35FN2O3/c1-3-35-29-10-6-24(7-11-29)25-5-8-27(32-20-25)19-28(34)9-4-23-16-26(31)18-30(17-23)36-21-22-12-14-33(2)15-13-22/h5-8,10-11,16-18,20,22H,3-4,9,12-15,19,21H2,1-2H3. The maximum atomic E-state index is 14.2. The first-order valence-electron chi connectivity index (χ1n) is 12.8. The molecule has 2 aromatic carbocycles. The number of aryl methyl sites for hydroxylation is 1. The maximum absolute atomic E-state index is 14.2. The number of aromatic nitrogens is 1. The molecule has 0 radical (unpaired) electrons. The maximum Gasteiger partial charge on any atom is 0.139 e. The number of hydrogen-bond donors (Lipinski definition) is 0. The van der Waals surface area contributed by atoms with Crippen molar-refractivity contribution in [3.05, 3.63) is 77.9 Å². The Morgan fingerprint density at radius 3 is 2.44 bits per heavy atom. The lowest BCUT2D eigenvalue weighted by Gasteiger charge is -2.28. The van der Waals surface area contributed by atoms with E-state index in [1.165, 1.54) is 12.1 Å². The Labute approximate surface area is 213 Å². The van der Waals surface area contributed by atoms with E-state index in [1.54, 1.807) is 6.20 Å². The molecule has 3 aromatic rings. The molecule has 1 aromatic heterocycles. The zero-order valence-corrected chi connectivity index (χ0v) is 21.2. The van der Waals surface area contributed by atoms with Gasteiger partial charge in [-0.1, -0.05) is 18.2 Å². The molecule has 0 spiro atoms. The van der Waals surface area contributed by atoms with Crippen LogP contribution in [-0.4, -0.2) is 49.0 Å². The van der Waals surface area contributed by atoms with Gasteiger partial charge < -0.3 is 14.4 Å². The smallest absolute Gasteiger partial charge is 0.139 e. The topological polar surface area (TPSA) is 51.7 Å². The van der Waals surface area contributed by atoms with Gasteiger partial charge in [0.2, 0.25) is 0 Å². The molecule has 36 heavy (non-hydrogen) atoms. The van der Waals surface area contributed by atoms with Crippen molar-refractivity contribution in [3.8, 4) is 22.6 Å². The van der Waals surface area contributed by atoms with Gasteiger partial charge in [-0.05, 0) is 93.7 Å². The number of likely N-dealkylation sites (tertiary alicyclic amines) is 1. The number of rotatable bonds is 11. The van der Waals surface area contributed by atoms with Crippen molar-refractivity contribution in [2.24, 2.45) is 5.92 Å². The zero-order chi connectivity index (χ0) is 25.3. The van der Waals surface area contributed by atoms with Crippen molar-refractivity contribution < 1.29 is 18.7 Å². The SMILES string of the molecule is CCOc1ccc(-c2ccc(CC(=O)CCc3cc(F)cc(OCC4CCN(C)CC4)c3)nc2)cc1. The number of hydrogen-bond acceptors (Lipinski definition) is 5. The van der Waals surface area contributed by atoms with Gasteiger partial charge in [0.25, 0.3) is 0 Å². The van der Waals surface area contributed by atoms with Crippen LogP contribution in [-0.2, 0) is 17.6 Å². The van der Waals surface area contributed by atoms with Crippen molar-refractivity contribution in [3.63, 3.8) is 0 Å². The summed E-state index contributed by atoms with van der Waals surface area (Å²) in [6.07, 6.45) is 5.06. The van der Waals surface area contributed by atoms with Gasteiger partial charge in [-0.15, -0.1) is 0 Å². The number of ether oxygens (including phenoxy) is 2. The van der Waals surface area contributed by atoms with Gasteiger partial charge in [0.15, 0.2) is 0 Å². The molecule has 6 heteroatoms. The molecule has 4 rings (SSSR count). The van der Waals surface area contributed by atoms with Crippen molar-refractivity contribution in [1.29, 1.82) is 0 Å². The molecular formula is C30H35FN2O3. The third-order valence-corrected chi connectivity index (χ3v) is 6.65. The van der Waals surface area contributed by atoms with Crippen LogP contribution in [0, 0.1) is 11.7 Å². The third kappa shape index (κ3) is 7.62. The summed E-state index contributed by atoms with van der Waals surface area (Å²) in [6, 6.07) is 16.5. The highest BCUT2D eigenvalue weighted by molar-refractivity contribution is 5.80. The Morgan fingerprint density at radius 2 is 1.75 bits per heavy atom. The van der Waals surface area contributed by atoms with Crippen molar-refractivity contribution in [1.82, 2.24) is 9.88 Å². The highest BCUT2D eigenvalue weighted by atomic mass is 19.1. The Hall–Kier alpha value is -3.25. The molecule has 0 N–H and O–H groups in total. The average Bonchev–Trinajstić information content (AvgIpc) is 2.88. The first kappa shape index (κ1) is 25.8. The molecule has 1 fully saturated rings. The monoisotopic (exact) mass is 490 g/mol. The second-order valence-corrected chi connectivity index (χ2v) is 9.56. The van der Waals surface area contributed by atoms with Crippen LogP contribution in [0.15, 0.2) is 60.8 Å². The van der Waals surface area contributed by atoms with E-state index in [1.807, 2.05) is 49.4 Å². The number of benzene rings is 2. The average molecular weight is 491 g/mol. The molecule has 1 aliphatic rings. The largest absolute Gasteiger partial charge is 0.494 e. The van der Waals surface area contributed by atoms with E-state index in [4.69, 9.17) is 9.47 Å². The number of Topliss-reactive ketones (excluding diaryl/α,β-unsaturated/α-hetero) is 1. The summed E-state index contributed by atoms with van der Waals surface area (Å²) >= 11 is 0. The Bertz CT molecular complexity index is 1120. The van der Waals surface area contributed by atoms with Gasteiger partial charge in [0.1, 0.15) is 23.1 Å². The normalized spacial score (nSPS) is 14.5. The fourth-order valence-corrected chi connectivity index (χ4v) is 4.48. The number of piperidine rings is 1. The Morgan fingerprint density at radius 1 is 1.00 bits per heavy atom. The number of ketones is 1. The lowest BCUT2D eigenvalue weighted by atomic mass is 9.98. The molecule has 0 bridgehead atoms. The van der Waals surface area contributed by atoms with E-state index in [-0.39, 0.29) is 18.0 Å². The molecule has 190 valence electrons. The van der Waals surface area contributed by atoms with E-state index >= 15 is 0 Å². The van der Waals surface area contributed by atoms with Crippen LogP contribution >= 0.6 is 0 Å². The summed E-state index contributed by atoms with van der Waals surface area (Å²) in [4.78, 5) is 19.4. The van der Waals surface area contributed by atoms with Crippen LogP contribution in [0.25, 0.3) is 11.1 Å². The summed E-state index contributed by atoms with van der Waals surface area (Å²) in [5, 5.41) is 0. The second-order valence-electron chi connectivity index (χ2n) is 9.56. The highest BCUT2D eigenvalue weighted by Crippen LogP contribution is 2.23. The minimum atomic E-state index is -0.329. The van der Waals surface area contributed by atoms with Crippen molar-refractivity contribution in [2.45, 2.75) is 39.0 Å². The van der Waals surface area contributed by atoms with E-state index in [0.717, 1.165) is 54.1 Å². The van der Waals surface area contributed by atoms with E-state index in [9.17, 15) is 9.18 Å². The molecule has 1 saturated heterocycles. The predicted octanol–water partition coefficient (Wildman–Crippen LogP) is 5.75. The van der Waals surface area contributed by atoms with Gasteiger partial charge in [-0.3, -0.25) is 9.78 Å². The predicted molar refractivity (Wildman–Crippen MR) is 140 cm³/mol. The number of halogens is 1. The fraction of sp³-hybridized carbons (Fsp3) is 0.400. The van der Waals surface area contributed by atoms with Gasteiger partial charge in [0.05, 0.1) is 13.2 Å². The van der Waals surface area contributed by atoms with Crippen molar-refractivity contribution in [2.75, 3.05) is 33.4 Å². The third-order valence-electron chi connectivity index (χ3n) is 6.65. The quantitative estimate of drug-likeness (QED) is 0.343. The lowest BCUT2D eigenvalue weighted by Crippen LogP contribution is -2.32. The van der Waals surface area contributed by atoms with Crippen molar-refractivity contribution >= 4 is 5.78 Å². The first-order valence-corrected chi connectivity index (χ1v) is 12.8. The summed E-state index contributed by atoms with van der Waals surface area (Å²) < 4.78 is 25.6. The van der Waals surface area contributed by atoms with Crippen LogP contribution < -0.4 is 9.47 Å². The molecular weight excluding hydrogens is 455 g/mol. The molecule has 1 aliphatic heterocycles. The summed E-state index contributed by atoms with van der Waals surface area (Å²) in [7, 11) is 2.13. The van der Waals surface area contributed by atoms with E-state index in [0.29, 0.717) is 37.7 Å². The van der Waals surface area contributed by atoms with Gasteiger partial charge in [0, 0.05) is 36.4 Å². The van der Waals surface area contributed by atoms with Crippen LogP contribution in [0.5, 0.6) is 11.5 Å². The molecule has 0 amide bonds. The minimum Gasteiger partial charge on any atom is -0.494 e. The van der Waals surface area contributed by atoms with Gasteiger partial charge >= 0.3 is 0 Å². The molecule has 2 heterocycles. The molecule has 0 aliphatic carbocycles. The zero-order valence-electron chi connectivity index (χ0n) is 21.2. The highest BCUT2D eigenvalue weighted by Gasteiger charge is 2.17. The minimum absolute atomic E-state index is 0.0781. The molecule has 0 saturated carbocycles. The van der Waals surface area contributed by atoms with Gasteiger partial charge in [-0.2, -0.15) is 0 Å². The van der Waals surface area contributed by atoms with E-state index in [2.05, 4.69) is 16.9 Å². The summed E-state index contributed by atoms with van der Waals surface area (Å²) in [5.74, 6) is 1.63. The number of carbonyl (C=O) groups excluding carboxylic acids is 1. The van der Waals surface area contributed by atoms with Crippen LogP contribution in [0.2, 0.25) is 0 Å². The van der Waals surface area contributed by atoms with Crippen LogP contribution in [0.4, 0.5) is 4.39 Å². The van der Waals surface area contributed by atoms with Crippen LogP contribution in [0.1, 0.15) is 37.4 Å². The van der Waals surface area contributed by atoms with Gasteiger partial charge in [-0.25, -0.2) is 4.39 Å².